The highest BCUT2D eigenvalue weighted by atomic mass is 16.5. The fraction of sp³-hybridized carbons (Fsp3) is 0.417. The lowest BCUT2D eigenvalue weighted by Crippen LogP contribution is -2.24. The second-order valence-electron chi connectivity index (χ2n) is 3.65. The zero-order valence-corrected chi connectivity index (χ0v) is 10.5. The summed E-state index contributed by atoms with van der Waals surface area (Å²) in [5.41, 5.74) is 12.9. The van der Waals surface area contributed by atoms with E-state index in [9.17, 15) is 4.79 Å². The molecule has 94 valence electrons. The Kier molecular flexibility index (Phi) is 4.20. The Morgan fingerprint density at radius 2 is 1.94 bits per heavy atom. The van der Waals surface area contributed by atoms with Crippen molar-refractivity contribution in [3.8, 4) is 5.75 Å². The van der Waals surface area contributed by atoms with Crippen LogP contribution in [0, 0.1) is 0 Å². The summed E-state index contributed by atoms with van der Waals surface area (Å²) < 4.78 is 5.27. The van der Waals surface area contributed by atoms with Crippen molar-refractivity contribution >= 4 is 17.3 Å². The monoisotopic (exact) mass is 237 g/mol. The maximum atomic E-state index is 11.1. The number of carbonyl (C=O) groups is 1. The van der Waals surface area contributed by atoms with Gasteiger partial charge in [0.25, 0.3) is 0 Å². The number of benzene rings is 1. The summed E-state index contributed by atoms with van der Waals surface area (Å²) in [6.45, 7) is 5.69. The summed E-state index contributed by atoms with van der Waals surface area (Å²) in [5, 5.41) is 0. The average molecular weight is 237 g/mol. The largest absolute Gasteiger partial charge is 0.494 e. The fourth-order valence-corrected chi connectivity index (χ4v) is 1.81. The number of ether oxygens (including phenoxy) is 1. The van der Waals surface area contributed by atoms with E-state index in [2.05, 4.69) is 4.90 Å². The van der Waals surface area contributed by atoms with Crippen LogP contribution in [0.3, 0.4) is 0 Å². The molecule has 1 aromatic carbocycles. The first kappa shape index (κ1) is 13.2. The minimum absolute atomic E-state index is 0.357. The van der Waals surface area contributed by atoms with E-state index in [1.165, 1.54) is 0 Å². The highest BCUT2D eigenvalue weighted by Crippen LogP contribution is 2.35. The molecule has 0 aliphatic carbocycles. The molecule has 0 unspecified atom stereocenters. The van der Waals surface area contributed by atoms with E-state index in [4.69, 9.17) is 16.2 Å². The van der Waals surface area contributed by atoms with Gasteiger partial charge in [0.05, 0.1) is 12.8 Å². The van der Waals surface area contributed by atoms with E-state index in [-0.39, 0.29) is 0 Å². The van der Waals surface area contributed by atoms with Crippen LogP contribution in [-0.2, 0) is 0 Å². The first-order valence-electron chi connectivity index (χ1n) is 5.57. The lowest BCUT2D eigenvalue weighted by atomic mass is 10.1. The van der Waals surface area contributed by atoms with Crippen molar-refractivity contribution in [1.29, 1.82) is 0 Å². The van der Waals surface area contributed by atoms with Crippen molar-refractivity contribution in [3.05, 3.63) is 17.7 Å². The second-order valence-corrected chi connectivity index (χ2v) is 3.65. The van der Waals surface area contributed by atoms with Crippen LogP contribution in [0.25, 0.3) is 0 Å². The molecule has 1 aromatic rings. The lowest BCUT2D eigenvalue weighted by molar-refractivity contribution is 0.1000. The molecule has 5 nitrogen and oxygen atoms in total. The van der Waals surface area contributed by atoms with Gasteiger partial charge in [-0.25, -0.2) is 0 Å². The standard InChI is InChI=1S/C12H19N3O2/c1-4-15(5-2)11-9(13)6-8(12(14)16)7-10(11)17-3/h6-7H,4-5,13H2,1-3H3,(H2,14,16). The second kappa shape index (κ2) is 5.43. The van der Waals surface area contributed by atoms with Crippen molar-refractivity contribution in [2.45, 2.75) is 13.8 Å². The van der Waals surface area contributed by atoms with Crippen LogP contribution >= 0.6 is 0 Å². The van der Waals surface area contributed by atoms with E-state index in [0.717, 1.165) is 18.8 Å². The van der Waals surface area contributed by atoms with Crippen LogP contribution in [-0.4, -0.2) is 26.1 Å². The molecule has 0 saturated heterocycles. The summed E-state index contributed by atoms with van der Waals surface area (Å²) in [6, 6.07) is 3.20. The van der Waals surface area contributed by atoms with Crippen molar-refractivity contribution in [3.63, 3.8) is 0 Å². The minimum Gasteiger partial charge on any atom is -0.494 e. The average Bonchev–Trinajstić information content (AvgIpc) is 2.31. The van der Waals surface area contributed by atoms with Gasteiger partial charge in [-0.3, -0.25) is 4.79 Å². The number of primary amides is 1. The van der Waals surface area contributed by atoms with Gasteiger partial charge < -0.3 is 21.1 Å². The zero-order valence-electron chi connectivity index (χ0n) is 10.5. The van der Waals surface area contributed by atoms with E-state index >= 15 is 0 Å². The summed E-state index contributed by atoms with van der Waals surface area (Å²) in [6.07, 6.45) is 0. The minimum atomic E-state index is -0.513. The van der Waals surface area contributed by atoms with Gasteiger partial charge in [0, 0.05) is 18.7 Å². The predicted octanol–water partition coefficient (Wildman–Crippen LogP) is 1.22. The first-order valence-corrected chi connectivity index (χ1v) is 5.57. The van der Waals surface area contributed by atoms with Crippen LogP contribution < -0.4 is 21.1 Å². The Hall–Kier alpha value is -1.91. The maximum absolute atomic E-state index is 11.1. The molecule has 0 spiro atoms. The van der Waals surface area contributed by atoms with Crippen LogP contribution in [0.15, 0.2) is 12.1 Å². The Morgan fingerprint density at radius 3 is 2.35 bits per heavy atom. The van der Waals surface area contributed by atoms with Gasteiger partial charge in [-0.05, 0) is 26.0 Å². The van der Waals surface area contributed by atoms with E-state index in [0.29, 0.717) is 17.0 Å². The number of hydrogen-bond donors (Lipinski definition) is 2. The zero-order chi connectivity index (χ0) is 13.0. The van der Waals surface area contributed by atoms with Gasteiger partial charge in [-0.1, -0.05) is 0 Å². The van der Waals surface area contributed by atoms with Gasteiger partial charge in [-0.15, -0.1) is 0 Å². The number of carbonyl (C=O) groups excluding carboxylic acids is 1. The predicted molar refractivity (Wildman–Crippen MR) is 69.5 cm³/mol. The number of hydrogen-bond acceptors (Lipinski definition) is 4. The Labute approximate surface area is 101 Å². The maximum Gasteiger partial charge on any atom is 0.248 e. The number of anilines is 2. The number of amides is 1. The van der Waals surface area contributed by atoms with E-state index < -0.39 is 5.91 Å². The molecule has 0 fully saturated rings. The number of nitrogens with two attached hydrogens (primary N) is 2. The van der Waals surface area contributed by atoms with E-state index in [1.807, 2.05) is 13.8 Å². The summed E-state index contributed by atoms with van der Waals surface area (Å²) in [5.74, 6) is 0.0589. The molecule has 0 saturated carbocycles. The molecule has 17 heavy (non-hydrogen) atoms. The third kappa shape index (κ3) is 2.61. The lowest BCUT2D eigenvalue weighted by Gasteiger charge is -2.25. The molecule has 1 amide bonds. The Bertz CT molecular complexity index is 414. The smallest absolute Gasteiger partial charge is 0.248 e. The number of methoxy groups -OCH3 is 1. The van der Waals surface area contributed by atoms with Crippen LogP contribution in [0.1, 0.15) is 24.2 Å². The Balaban J connectivity index is 3.34. The molecule has 5 heteroatoms. The molecule has 0 heterocycles. The topological polar surface area (TPSA) is 81.6 Å². The highest BCUT2D eigenvalue weighted by Gasteiger charge is 2.16. The van der Waals surface area contributed by atoms with Gasteiger partial charge in [0.15, 0.2) is 0 Å². The molecule has 0 aliphatic heterocycles. The molecular weight excluding hydrogens is 218 g/mol. The van der Waals surface area contributed by atoms with Crippen LogP contribution in [0.5, 0.6) is 5.75 Å². The molecule has 1 rings (SSSR count). The summed E-state index contributed by atoms with van der Waals surface area (Å²) >= 11 is 0. The molecular formula is C12H19N3O2. The third-order valence-corrected chi connectivity index (χ3v) is 2.69. The van der Waals surface area contributed by atoms with Gasteiger partial charge >= 0.3 is 0 Å². The van der Waals surface area contributed by atoms with Crippen molar-refractivity contribution in [2.75, 3.05) is 30.8 Å². The van der Waals surface area contributed by atoms with Crippen LogP contribution in [0.4, 0.5) is 11.4 Å². The SMILES string of the molecule is CCN(CC)c1c(N)cc(C(N)=O)cc1OC. The summed E-state index contributed by atoms with van der Waals surface area (Å²) in [4.78, 5) is 13.2. The molecule has 0 atom stereocenters. The molecule has 0 aromatic heterocycles. The van der Waals surface area contributed by atoms with Gasteiger partial charge in [0.1, 0.15) is 11.4 Å². The molecule has 0 aliphatic rings. The highest BCUT2D eigenvalue weighted by molar-refractivity contribution is 5.96. The number of rotatable bonds is 5. The number of nitrogens with zero attached hydrogens (tertiary/aromatic N) is 1. The van der Waals surface area contributed by atoms with E-state index in [1.54, 1.807) is 19.2 Å². The molecule has 4 N–H and O–H groups in total. The van der Waals surface area contributed by atoms with Crippen molar-refractivity contribution in [2.24, 2.45) is 5.73 Å². The van der Waals surface area contributed by atoms with Crippen LogP contribution in [0.2, 0.25) is 0 Å². The third-order valence-electron chi connectivity index (χ3n) is 2.69. The fourth-order valence-electron chi connectivity index (χ4n) is 1.81. The summed E-state index contributed by atoms with van der Waals surface area (Å²) in [7, 11) is 1.55. The van der Waals surface area contributed by atoms with Gasteiger partial charge in [-0.2, -0.15) is 0 Å². The molecule has 0 radical (unpaired) electrons. The quantitative estimate of drug-likeness (QED) is 0.754. The van der Waals surface area contributed by atoms with Gasteiger partial charge in [0.2, 0.25) is 5.91 Å². The van der Waals surface area contributed by atoms with Crippen molar-refractivity contribution in [1.82, 2.24) is 0 Å². The number of nitrogen functional groups attached to an aromatic ring is 1. The first-order chi connectivity index (χ1) is 8.04. The van der Waals surface area contributed by atoms with Crippen molar-refractivity contribution < 1.29 is 9.53 Å². The molecule has 0 bridgehead atoms. The normalized spacial score (nSPS) is 10.1. The Morgan fingerprint density at radius 1 is 1.35 bits per heavy atom.